The van der Waals surface area contributed by atoms with E-state index in [4.69, 9.17) is 9.47 Å². The molecule has 0 saturated carbocycles. The van der Waals surface area contributed by atoms with Gasteiger partial charge >= 0.3 is 0 Å². The SMILES string of the molecule is COc1cccc(N2CCN3c4ccccc4C[C@H](C(=O)NCCCN4CCOCC4)[C@@H]3C2)c1. The van der Waals surface area contributed by atoms with Crippen LogP contribution >= 0.6 is 0 Å². The Morgan fingerprint density at radius 1 is 1.09 bits per heavy atom. The summed E-state index contributed by atoms with van der Waals surface area (Å²) in [4.78, 5) is 20.7. The summed E-state index contributed by atoms with van der Waals surface area (Å²) in [6.07, 6.45) is 1.76. The number of rotatable bonds is 7. The van der Waals surface area contributed by atoms with Gasteiger partial charge in [0, 0.05) is 56.7 Å². The molecule has 3 heterocycles. The highest BCUT2D eigenvalue weighted by molar-refractivity contribution is 5.82. The van der Waals surface area contributed by atoms with E-state index in [-0.39, 0.29) is 17.9 Å². The van der Waals surface area contributed by atoms with Crippen LogP contribution in [0.3, 0.4) is 0 Å². The molecule has 0 spiro atoms. The second kappa shape index (κ2) is 10.7. The number of para-hydroxylation sites is 1. The van der Waals surface area contributed by atoms with Crippen molar-refractivity contribution in [3.63, 3.8) is 0 Å². The lowest BCUT2D eigenvalue weighted by atomic mass is 9.83. The molecule has 2 saturated heterocycles. The van der Waals surface area contributed by atoms with Crippen LogP contribution in [0.25, 0.3) is 0 Å². The first-order valence-electron chi connectivity index (χ1n) is 12.5. The second-order valence-corrected chi connectivity index (χ2v) is 9.45. The second-order valence-electron chi connectivity index (χ2n) is 9.45. The molecule has 2 fully saturated rings. The number of nitrogens with zero attached hydrogens (tertiary/aromatic N) is 3. The first-order valence-corrected chi connectivity index (χ1v) is 12.5. The number of hydrogen-bond acceptors (Lipinski definition) is 6. The monoisotopic (exact) mass is 464 g/mol. The number of carbonyl (C=O) groups excluding carboxylic acids is 1. The molecule has 0 unspecified atom stereocenters. The molecule has 5 rings (SSSR count). The van der Waals surface area contributed by atoms with E-state index in [2.05, 4.69) is 56.4 Å². The van der Waals surface area contributed by atoms with Crippen molar-refractivity contribution >= 4 is 17.3 Å². The number of piperazine rings is 1. The summed E-state index contributed by atoms with van der Waals surface area (Å²) >= 11 is 0. The smallest absolute Gasteiger partial charge is 0.225 e. The Morgan fingerprint density at radius 2 is 1.94 bits per heavy atom. The molecule has 0 aliphatic carbocycles. The van der Waals surface area contributed by atoms with Crippen LogP contribution in [0.2, 0.25) is 0 Å². The number of methoxy groups -OCH3 is 1. The molecule has 34 heavy (non-hydrogen) atoms. The maximum atomic E-state index is 13.4. The highest BCUT2D eigenvalue weighted by atomic mass is 16.5. The van der Waals surface area contributed by atoms with Gasteiger partial charge in [0.15, 0.2) is 0 Å². The van der Waals surface area contributed by atoms with Gasteiger partial charge < -0.3 is 24.6 Å². The normalized spacial score (nSPS) is 22.6. The number of benzene rings is 2. The molecule has 1 N–H and O–H groups in total. The lowest BCUT2D eigenvalue weighted by Crippen LogP contribution is -2.61. The van der Waals surface area contributed by atoms with Crippen molar-refractivity contribution in [1.82, 2.24) is 10.2 Å². The fraction of sp³-hybridized carbons (Fsp3) is 0.519. The van der Waals surface area contributed by atoms with Crippen LogP contribution in [0.4, 0.5) is 11.4 Å². The van der Waals surface area contributed by atoms with Crippen molar-refractivity contribution in [3.8, 4) is 5.75 Å². The maximum absolute atomic E-state index is 13.4. The number of amides is 1. The van der Waals surface area contributed by atoms with Crippen LogP contribution in [-0.4, -0.2) is 83.0 Å². The fourth-order valence-corrected chi connectivity index (χ4v) is 5.57. The zero-order valence-corrected chi connectivity index (χ0v) is 20.1. The molecule has 7 heteroatoms. The van der Waals surface area contributed by atoms with E-state index in [1.54, 1.807) is 7.11 Å². The lowest BCUT2D eigenvalue weighted by molar-refractivity contribution is -0.125. The standard InChI is InChI=1S/C27H36N4O3/c1-33-23-8-4-7-22(19-23)30-12-13-31-25-9-3-2-6-21(25)18-24(26(31)20-30)27(32)28-10-5-11-29-14-16-34-17-15-29/h2-4,6-9,19,24,26H,5,10-18,20H2,1H3,(H,28,32)/t24-,26-/m0/s1. The van der Waals surface area contributed by atoms with Gasteiger partial charge in [-0.15, -0.1) is 0 Å². The third kappa shape index (κ3) is 5.00. The van der Waals surface area contributed by atoms with Gasteiger partial charge in [-0.25, -0.2) is 0 Å². The number of fused-ring (bicyclic) bond motifs is 3. The molecule has 0 radical (unpaired) electrons. The van der Waals surface area contributed by atoms with E-state index >= 15 is 0 Å². The highest BCUT2D eigenvalue weighted by Crippen LogP contribution is 2.37. The third-order valence-corrected chi connectivity index (χ3v) is 7.43. The summed E-state index contributed by atoms with van der Waals surface area (Å²) < 4.78 is 10.9. The highest BCUT2D eigenvalue weighted by Gasteiger charge is 2.41. The number of carbonyl (C=O) groups is 1. The summed E-state index contributed by atoms with van der Waals surface area (Å²) in [5.41, 5.74) is 3.72. The minimum absolute atomic E-state index is 0.0632. The number of nitrogens with one attached hydrogen (secondary N) is 1. The van der Waals surface area contributed by atoms with Crippen LogP contribution in [-0.2, 0) is 16.0 Å². The van der Waals surface area contributed by atoms with Crippen molar-refractivity contribution in [2.24, 2.45) is 5.92 Å². The van der Waals surface area contributed by atoms with Gasteiger partial charge in [-0.05, 0) is 43.1 Å². The number of morpholine rings is 1. The minimum atomic E-state index is -0.0632. The van der Waals surface area contributed by atoms with Crippen LogP contribution in [0.5, 0.6) is 5.75 Å². The number of ether oxygens (including phenoxy) is 2. The van der Waals surface area contributed by atoms with Crippen LogP contribution in [0.1, 0.15) is 12.0 Å². The van der Waals surface area contributed by atoms with Crippen molar-refractivity contribution < 1.29 is 14.3 Å². The Labute approximate surface area is 202 Å². The van der Waals surface area contributed by atoms with E-state index in [0.29, 0.717) is 0 Å². The van der Waals surface area contributed by atoms with Crippen molar-refractivity contribution in [1.29, 1.82) is 0 Å². The molecule has 0 bridgehead atoms. The quantitative estimate of drug-likeness (QED) is 0.635. The molecule has 2 aromatic rings. The molecule has 2 atom stereocenters. The zero-order valence-electron chi connectivity index (χ0n) is 20.1. The van der Waals surface area contributed by atoms with Crippen LogP contribution in [0, 0.1) is 5.92 Å². The van der Waals surface area contributed by atoms with E-state index in [1.807, 2.05) is 12.1 Å². The maximum Gasteiger partial charge on any atom is 0.225 e. The summed E-state index contributed by atoms with van der Waals surface area (Å²) in [6, 6.07) is 17.0. The summed E-state index contributed by atoms with van der Waals surface area (Å²) in [6.45, 7) is 8.00. The van der Waals surface area contributed by atoms with Crippen molar-refractivity contribution in [2.75, 3.05) is 75.9 Å². The third-order valence-electron chi connectivity index (χ3n) is 7.43. The van der Waals surface area contributed by atoms with Gasteiger partial charge in [-0.2, -0.15) is 0 Å². The fourth-order valence-electron chi connectivity index (χ4n) is 5.57. The van der Waals surface area contributed by atoms with Gasteiger partial charge in [0.25, 0.3) is 0 Å². The first kappa shape index (κ1) is 23.0. The van der Waals surface area contributed by atoms with Gasteiger partial charge in [-0.1, -0.05) is 24.3 Å². The molecule has 1 amide bonds. The number of anilines is 2. The molecule has 3 aliphatic heterocycles. The summed E-state index contributed by atoms with van der Waals surface area (Å²) in [5, 5.41) is 3.27. The average Bonchev–Trinajstić information content (AvgIpc) is 2.90. The topological polar surface area (TPSA) is 57.3 Å². The van der Waals surface area contributed by atoms with E-state index in [0.717, 1.165) is 83.3 Å². The Balaban J connectivity index is 1.27. The molecular formula is C27H36N4O3. The minimum Gasteiger partial charge on any atom is -0.497 e. The molecule has 182 valence electrons. The largest absolute Gasteiger partial charge is 0.497 e. The summed E-state index contributed by atoms with van der Waals surface area (Å²) in [7, 11) is 1.70. The molecular weight excluding hydrogens is 428 g/mol. The van der Waals surface area contributed by atoms with E-state index in [1.165, 1.54) is 11.3 Å². The van der Waals surface area contributed by atoms with Gasteiger partial charge in [0.1, 0.15) is 5.75 Å². The van der Waals surface area contributed by atoms with Crippen molar-refractivity contribution in [3.05, 3.63) is 54.1 Å². The van der Waals surface area contributed by atoms with Gasteiger partial charge in [-0.3, -0.25) is 9.69 Å². The first-order chi connectivity index (χ1) is 16.7. The Morgan fingerprint density at radius 3 is 2.79 bits per heavy atom. The van der Waals surface area contributed by atoms with Gasteiger partial charge in [0.2, 0.25) is 5.91 Å². The Kier molecular flexibility index (Phi) is 7.21. The number of hydrogen-bond donors (Lipinski definition) is 1. The predicted octanol–water partition coefficient (Wildman–Crippen LogP) is 2.40. The summed E-state index contributed by atoms with van der Waals surface area (Å²) in [5.74, 6) is 0.981. The molecule has 7 nitrogen and oxygen atoms in total. The molecule has 3 aliphatic rings. The zero-order chi connectivity index (χ0) is 23.3. The predicted molar refractivity (Wildman–Crippen MR) is 135 cm³/mol. The van der Waals surface area contributed by atoms with Gasteiger partial charge in [0.05, 0.1) is 32.3 Å². The van der Waals surface area contributed by atoms with E-state index in [9.17, 15) is 4.79 Å². The molecule has 0 aromatic heterocycles. The lowest BCUT2D eigenvalue weighted by Gasteiger charge is -2.49. The Hall–Kier alpha value is -2.77. The van der Waals surface area contributed by atoms with Crippen molar-refractivity contribution in [2.45, 2.75) is 18.9 Å². The van der Waals surface area contributed by atoms with E-state index < -0.39 is 0 Å². The molecule has 2 aromatic carbocycles. The average molecular weight is 465 g/mol. The van der Waals surface area contributed by atoms with Crippen LogP contribution in [0.15, 0.2) is 48.5 Å². The Bertz CT molecular complexity index is 978. The van der Waals surface area contributed by atoms with Crippen LogP contribution < -0.4 is 19.9 Å².